The molecule has 2 heterocycles. The molecule has 0 bridgehead atoms. The maximum Gasteiger partial charge on any atom is 0.301 e. The van der Waals surface area contributed by atoms with Crippen LogP contribution in [0.25, 0.3) is 5.76 Å². The molecule has 3 aromatic rings. The number of amides is 1. The van der Waals surface area contributed by atoms with E-state index in [9.17, 15) is 14.7 Å². The molecule has 1 fully saturated rings. The summed E-state index contributed by atoms with van der Waals surface area (Å²) in [5.41, 5.74) is 2.93. The maximum atomic E-state index is 13.2. The smallest absolute Gasteiger partial charge is 0.301 e. The molecular formula is C27H28N2O5. The number of aliphatic hydroxyl groups excluding tert-OH is 1. The fraction of sp³-hybridized carbons (Fsp3) is 0.296. The van der Waals surface area contributed by atoms with Gasteiger partial charge in [-0.2, -0.15) is 0 Å². The van der Waals surface area contributed by atoms with Crippen molar-refractivity contribution in [2.75, 3.05) is 12.0 Å². The summed E-state index contributed by atoms with van der Waals surface area (Å²) in [4.78, 5) is 27.7. The van der Waals surface area contributed by atoms with Crippen LogP contribution in [0.5, 0.6) is 5.75 Å². The normalized spacial score (nSPS) is 17.9. The van der Waals surface area contributed by atoms with Crippen LogP contribution in [0.2, 0.25) is 0 Å². The second-order valence-corrected chi connectivity index (χ2v) is 9.52. The number of rotatable bonds is 4. The Balaban J connectivity index is 1.91. The topological polar surface area (TPSA) is 92.9 Å². The molecule has 1 N–H and O–H groups in total. The number of ketones is 1. The number of carbonyl (C=O) groups is 2. The van der Waals surface area contributed by atoms with Crippen molar-refractivity contribution >= 4 is 23.3 Å². The number of Topliss-reactive ketones (excluding diaryl/α,β-unsaturated/α-hetero) is 1. The van der Waals surface area contributed by atoms with Crippen LogP contribution >= 0.6 is 0 Å². The van der Waals surface area contributed by atoms with Crippen molar-refractivity contribution in [2.45, 2.75) is 46.1 Å². The number of aryl methyl sites for hydroxylation is 2. The molecule has 1 aliphatic heterocycles. The van der Waals surface area contributed by atoms with Crippen molar-refractivity contribution in [2.24, 2.45) is 0 Å². The largest absolute Gasteiger partial charge is 0.507 e. The van der Waals surface area contributed by atoms with E-state index in [-0.39, 0.29) is 22.6 Å². The highest BCUT2D eigenvalue weighted by Gasteiger charge is 2.48. The summed E-state index contributed by atoms with van der Waals surface area (Å²) in [5, 5.41) is 15.3. The van der Waals surface area contributed by atoms with Gasteiger partial charge in [-0.1, -0.05) is 50.2 Å². The number of hydrogen-bond acceptors (Lipinski definition) is 6. The molecule has 34 heavy (non-hydrogen) atoms. The zero-order valence-electron chi connectivity index (χ0n) is 20.2. The third-order valence-electron chi connectivity index (χ3n) is 6.07. The molecular weight excluding hydrogens is 432 g/mol. The van der Waals surface area contributed by atoms with Gasteiger partial charge in [0.2, 0.25) is 0 Å². The molecule has 1 saturated heterocycles. The standard InChI is InChI=1S/C27H28N2O5/c1-15-13-18(9-12-20(15)33-6)24(30)22-23(17-7-10-19(11-8-17)27(3,4)5)29(26(32)25(22)31)21-14-16(2)34-28-21/h7-14,23,30H,1-6H3/t23-/m1/s1. The number of aromatic nitrogens is 1. The lowest BCUT2D eigenvalue weighted by Gasteiger charge is -2.24. The predicted octanol–water partition coefficient (Wildman–Crippen LogP) is 5.22. The molecule has 0 spiro atoms. The first-order valence-corrected chi connectivity index (χ1v) is 11.0. The van der Waals surface area contributed by atoms with Gasteiger partial charge in [-0.25, -0.2) is 0 Å². The summed E-state index contributed by atoms with van der Waals surface area (Å²) in [6.45, 7) is 9.88. The van der Waals surface area contributed by atoms with Gasteiger partial charge in [0, 0.05) is 11.6 Å². The van der Waals surface area contributed by atoms with Gasteiger partial charge in [0.05, 0.1) is 18.7 Å². The minimum absolute atomic E-state index is 0.00118. The highest BCUT2D eigenvalue weighted by molar-refractivity contribution is 6.51. The number of anilines is 1. The van der Waals surface area contributed by atoms with Crippen molar-refractivity contribution in [1.29, 1.82) is 0 Å². The van der Waals surface area contributed by atoms with Gasteiger partial charge in [-0.05, 0) is 54.2 Å². The van der Waals surface area contributed by atoms with E-state index in [0.717, 1.165) is 11.1 Å². The van der Waals surface area contributed by atoms with Gasteiger partial charge in [0.1, 0.15) is 17.3 Å². The van der Waals surface area contributed by atoms with Crippen LogP contribution in [0.4, 0.5) is 5.82 Å². The van der Waals surface area contributed by atoms with E-state index >= 15 is 0 Å². The minimum atomic E-state index is -0.860. The molecule has 2 aromatic carbocycles. The average molecular weight is 461 g/mol. The Labute approximate surface area is 198 Å². The lowest BCUT2D eigenvalue weighted by atomic mass is 9.85. The Bertz CT molecular complexity index is 1300. The molecule has 4 rings (SSSR count). The zero-order valence-corrected chi connectivity index (χ0v) is 20.2. The molecule has 0 saturated carbocycles. The highest BCUT2D eigenvalue weighted by atomic mass is 16.5. The quantitative estimate of drug-likeness (QED) is 0.326. The molecule has 1 atom stereocenters. The maximum absolute atomic E-state index is 13.2. The fourth-order valence-corrected chi connectivity index (χ4v) is 4.20. The summed E-state index contributed by atoms with van der Waals surface area (Å²) < 4.78 is 10.5. The van der Waals surface area contributed by atoms with Gasteiger partial charge >= 0.3 is 5.91 Å². The number of carbonyl (C=O) groups excluding carboxylic acids is 2. The Kier molecular flexibility index (Phi) is 5.81. The third-order valence-corrected chi connectivity index (χ3v) is 6.07. The van der Waals surface area contributed by atoms with Gasteiger partial charge in [0.25, 0.3) is 5.78 Å². The molecule has 0 unspecified atom stereocenters. The van der Waals surface area contributed by atoms with Crippen LogP contribution in [0.1, 0.15) is 54.8 Å². The van der Waals surface area contributed by atoms with Crippen molar-refractivity contribution in [3.05, 3.63) is 82.1 Å². The van der Waals surface area contributed by atoms with Gasteiger partial charge in [0.15, 0.2) is 5.82 Å². The molecule has 1 aromatic heterocycles. The molecule has 1 aliphatic rings. The van der Waals surface area contributed by atoms with E-state index in [1.54, 1.807) is 38.3 Å². The fourth-order valence-electron chi connectivity index (χ4n) is 4.20. The SMILES string of the molecule is COc1ccc(C(O)=C2C(=O)C(=O)N(c3cc(C)on3)[C@@H]2c2ccc(C(C)(C)C)cc2)cc1C. The molecule has 1 amide bonds. The number of methoxy groups -OCH3 is 1. The summed E-state index contributed by atoms with van der Waals surface area (Å²) in [7, 11) is 1.56. The van der Waals surface area contributed by atoms with E-state index in [0.29, 0.717) is 22.6 Å². The summed E-state index contributed by atoms with van der Waals surface area (Å²) >= 11 is 0. The van der Waals surface area contributed by atoms with Crippen LogP contribution in [0, 0.1) is 13.8 Å². The van der Waals surface area contributed by atoms with E-state index < -0.39 is 17.7 Å². The Morgan fingerprint density at radius 3 is 2.26 bits per heavy atom. The first kappa shape index (κ1) is 23.3. The van der Waals surface area contributed by atoms with E-state index in [1.165, 1.54) is 4.90 Å². The molecule has 7 heteroatoms. The Hall–Kier alpha value is -3.87. The Morgan fingerprint density at radius 2 is 1.74 bits per heavy atom. The average Bonchev–Trinajstić information content (AvgIpc) is 3.33. The summed E-state index contributed by atoms with van der Waals surface area (Å²) in [6, 6.07) is 13.5. The van der Waals surface area contributed by atoms with Gasteiger partial charge < -0.3 is 14.4 Å². The van der Waals surface area contributed by atoms with Gasteiger partial charge in [-0.15, -0.1) is 0 Å². The monoisotopic (exact) mass is 460 g/mol. The van der Waals surface area contributed by atoms with Crippen molar-refractivity contribution < 1.29 is 24.0 Å². The van der Waals surface area contributed by atoms with E-state index in [2.05, 4.69) is 25.9 Å². The van der Waals surface area contributed by atoms with Crippen molar-refractivity contribution in [3.63, 3.8) is 0 Å². The number of ether oxygens (including phenoxy) is 1. The summed E-state index contributed by atoms with van der Waals surface area (Å²) in [5.74, 6) is -0.429. The molecule has 0 aliphatic carbocycles. The second kappa shape index (κ2) is 8.48. The van der Waals surface area contributed by atoms with Crippen molar-refractivity contribution in [3.8, 4) is 5.75 Å². The number of benzene rings is 2. The van der Waals surface area contributed by atoms with Crippen LogP contribution in [0.3, 0.4) is 0 Å². The third kappa shape index (κ3) is 3.98. The second-order valence-electron chi connectivity index (χ2n) is 9.52. The first-order valence-electron chi connectivity index (χ1n) is 11.0. The lowest BCUT2D eigenvalue weighted by Crippen LogP contribution is -2.29. The summed E-state index contributed by atoms with van der Waals surface area (Å²) in [6.07, 6.45) is 0. The van der Waals surface area contributed by atoms with Crippen molar-refractivity contribution in [1.82, 2.24) is 5.16 Å². The lowest BCUT2D eigenvalue weighted by molar-refractivity contribution is -0.132. The highest BCUT2D eigenvalue weighted by Crippen LogP contribution is 2.42. The minimum Gasteiger partial charge on any atom is -0.507 e. The first-order chi connectivity index (χ1) is 16.0. The predicted molar refractivity (Wildman–Crippen MR) is 129 cm³/mol. The van der Waals surface area contributed by atoms with Crippen LogP contribution < -0.4 is 9.64 Å². The van der Waals surface area contributed by atoms with Crippen LogP contribution in [-0.2, 0) is 15.0 Å². The van der Waals surface area contributed by atoms with Crippen LogP contribution in [-0.4, -0.2) is 29.1 Å². The number of aliphatic hydroxyl groups is 1. The number of nitrogens with zero attached hydrogens (tertiary/aromatic N) is 2. The van der Waals surface area contributed by atoms with E-state index in [4.69, 9.17) is 9.26 Å². The number of hydrogen-bond donors (Lipinski definition) is 1. The van der Waals surface area contributed by atoms with Crippen LogP contribution in [0.15, 0.2) is 58.6 Å². The molecule has 0 radical (unpaired) electrons. The van der Waals surface area contributed by atoms with Gasteiger partial charge in [-0.3, -0.25) is 14.5 Å². The van der Waals surface area contributed by atoms with E-state index in [1.807, 2.05) is 31.2 Å². The Morgan fingerprint density at radius 1 is 1.06 bits per heavy atom. The molecule has 7 nitrogen and oxygen atoms in total. The zero-order chi connectivity index (χ0) is 24.8. The molecule has 176 valence electrons.